The lowest BCUT2D eigenvalue weighted by Gasteiger charge is -2.16. The molecule has 4 rings (SSSR count). The molecule has 2 heterocycles. The molecule has 10 heteroatoms. The number of anilines is 1. The van der Waals surface area contributed by atoms with Crippen LogP contribution in [-0.2, 0) is 6.42 Å². The van der Waals surface area contributed by atoms with E-state index in [1.54, 1.807) is 11.6 Å². The molecule has 0 bridgehead atoms. The number of H-pyrrole nitrogens is 1. The number of aryl methyl sites for hydroxylation is 2. The van der Waals surface area contributed by atoms with Crippen LogP contribution in [0.3, 0.4) is 0 Å². The van der Waals surface area contributed by atoms with E-state index in [0.29, 0.717) is 47.3 Å². The van der Waals surface area contributed by atoms with Crippen molar-refractivity contribution in [3.8, 4) is 28.6 Å². The van der Waals surface area contributed by atoms with Crippen molar-refractivity contribution in [2.24, 2.45) is 0 Å². The molecule has 2 aromatic heterocycles. The topological polar surface area (TPSA) is 103 Å². The molecule has 0 radical (unpaired) electrons. The molecule has 9 nitrogen and oxygen atoms in total. The van der Waals surface area contributed by atoms with Crippen LogP contribution in [0.5, 0.6) is 17.2 Å². The average Bonchev–Trinajstić information content (AvgIpc) is 3.19. The molecule has 0 spiro atoms. The van der Waals surface area contributed by atoms with Gasteiger partial charge in [-0.2, -0.15) is 0 Å². The fraction of sp³-hybridized carbons (Fsp3) is 0.346. The summed E-state index contributed by atoms with van der Waals surface area (Å²) in [6.07, 6.45) is 1.62. The zero-order chi connectivity index (χ0) is 25.7. The van der Waals surface area contributed by atoms with Crippen molar-refractivity contribution < 1.29 is 14.2 Å². The predicted molar refractivity (Wildman–Crippen MR) is 143 cm³/mol. The van der Waals surface area contributed by atoms with E-state index in [-0.39, 0.29) is 5.56 Å². The fourth-order valence-corrected chi connectivity index (χ4v) is 4.67. The zero-order valence-electron chi connectivity index (χ0n) is 21.2. The number of imidazole rings is 1. The first-order valence-corrected chi connectivity index (χ1v) is 12.8. The van der Waals surface area contributed by atoms with Crippen molar-refractivity contribution in [1.29, 1.82) is 0 Å². The van der Waals surface area contributed by atoms with Gasteiger partial charge in [0, 0.05) is 18.2 Å². The molecule has 0 unspecified atom stereocenters. The maximum absolute atomic E-state index is 13.0. The number of rotatable bonds is 11. The molecule has 2 aromatic carbocycles. The number of aromatic nitrogens is 4. The molecule has 0 saturated carbocycles. The third kappa shape index (κ3) is 5.28. The fourth-order valence-electron chi connectivity index (χ4n) is 3.88. The number of benzene rings is 2. The van der Waals surface area contributed by atoms with Crippen LogP contribution in [0, 0.1) is 6.92 Å². The van der Waals surface area contributed by atoms with Crippen LogP contribution in [0.4, 0.5) is 5.69 Å². The smallest absolute Gasteiger partial charge is 0.277 e. The van der Waals surface area contributed by atoms with Gasteiger partial charge in [0.05, 0.1) is 36.5 Å². The standard InChI is InChI=1S/C26H31N5O4S/c1-6-9-23-27-16(4)24-26(32)28-25(29-31(23)24)19-14-22(21(33-5)15-20(19)35-8-3)36-30-17-10-12-18(13-11-17)34-7-2/h10-15,30H,6-9H2,1-5H3,(H,28,29,32). The van der Waals surface area contributed by atoms with Crippen LogP contribution >= 0.6 is 11.9 Å². The Hall–Kier alpha value is -3.66. The van der Waals surface area contributed by atoms with Crippen LogP contribution in [-0.4, -0.2) is 39.9 Å². The van der Waals surface area contributed by atoms with Gasteiger partial charge in [-0.3, -0.25) is 4.79 Å². The molecule has 0 amide bonds. The molecule has 0 saturated heterocycles. The second-order valence-electron chi connectivity index (χ2n) is 8.02. The molecule has 0 fully saturated rings. The average molecular weight is 510 g/mol. The van der Waals surface area contributed by atoms with Gasteiger partial charge in [-0.05, 0) is 69.5 Å². The van der Waals surface area contributed by atoms with Crippen molar-refractivity contribution in [1.82, 2.24) is 19.6 Å². The minimum atomic E-state index is -0.243. The van der Waals surface area contributed by atoms with Gasteiger partial charge in [0.2, 0.25) is 0 Å². The predicted octanol–water partition coefficient (Wildman–Crippen LogP) is 5.27. The first-order chi connectivity index (χ1) is 17.5. The van der Waals surface area contributed by atoms with E-state index in [1.165, 1.54) is 11.9 Å². The molecule has 0 aliphatic heterocycles. The lowest BCUT2D eigenvalue weighted by Crippen LogP contribution is -2.16. The first kappa shape index (κ1) is 25.4. The number of fused-ring (bicyclic) bond motifs is 1. The molecule has 36 heavy (non-hydrogen) atoms. The Morgan fingerprint density at radius 2 is 1.81 bits per heavy atom. The summed E-state index contributed by atoms with van der Waals surface area (Å²) in [6, 6.07) is 11.4. The number of nitrogens with zero attached hydrogens (tertiary/aromatic N) is 3. The van der Waals surface area contributed by atoms with Gasteiger partial charge < -0.3 is 23.9 Å². The summed E-state index contributed by atoms with van der Waals surface area (Å²) in [5, 5.41) is 4.76. The maximum atomic E-state index is 13.0. The second-order valence-corrected chi connectivity index (χ2v) is 8.87. The summed E-state index contributed by atoms with van der Waals surface area (Å²) in [7, 11) is 1.61. The van der Waals surface area contributed by atoms with Crippen molar-refractivity contribution in [3.63, 3.8) is 0 Å². The summed E-state index contributed by atoms with van der Waals surface area (Å²) in [5.41, 5.74) is 2.44. The monoisotopic (exact) mass is 509 g/mol. The Kier molecular flexibility index (Phi) is 8.04. The highest BCUT2D eigenvalue weighted by Gasteiger charge is 2.19. The Bertz CT molecular complexity index is 1400. The Balaban J connectivity index is 1.75. The summed E-state index contributed by atoms with van der Waals surface area (Å²) in [5.74, 6) is 3.18. The van der Waals surface area contributed by atoms with Gasteiger partial charge in [-0.1, -0.05) is 6.92 Å². The van der Waals surface area contributed by atoms with E-state index in [0.717, 1.165) is 35.0 Å². The van der Waals surface area contributed by atoms with E-state index in [4.69, 9.17) is 19.3 Å². The van der Waals surface area contributed by atoms with Gasteiger partial charge >= 0.3 is 0 Å². The highest BCUT2D eigenvalue weighted by Crippen LogP contribution is 2.39. The molecule has 0 atom stereocenters. The van der Waals surface area contributed by atoms with Crippen molar-refractivity contribution in [3.05, 3.63) is 58.3 Å². The summed E-state index contributed by atoms with van der Waals surface area (Å²) >= 11 is 1.39. The summed E-state index contributed by atoms with van der Waals surface area (Å²) in [6.45, 7) is 8.83. The maximum Gasteiger partial charge on any atom is 0.277 e. The molecule has 0 aliphatic rings. The van der Waals surface area contributed by atoms with Crippen LogP contribution < -0.4 is 24.5 Å². The third-order valence-electron chi connectivity index (χ3n) is 5.48. The van der Waals surface area contributed by atoms with Crippen LogP contribution in [0.15, 0.2) is 46.1 Å². The SMILES string of the molecule is CCCc1nc(C)c2c(=O)[nH]c(-c3cc(SNc4ccc(OCC)cc4)c(OC)cc3OCC)nn12. The minimum absolute atomic E-state index is 0.243. The minimum Gasteiger partial charge on any atom is -0.495 e. The van der Waals surface area contributed by atoms with E-state index >= 15 is 0 Å². The molecular formula is C26H31N5O4S. The van der Waals surface area contributed by atoms with E-state index < -0.39 is 0 Å². The largest absolute Gasteiger partial charge is 0.495 e. The van der Waals surface area contributed by atoms with Gasteiger partial charge in [-0.25, -0.2) is 9.50 Å². The molecule has 0 aliphatic carbocycles. The molecule has 4 aromatic rings. The van der Waals surface area contributed by atoms with E-state index in [9.17, 15) is 4.79 Å². The highest BCUT2D eigenvalue weighted by atomic mass is 32.2. The van der Waals surface area contributed by atoms with E-state index in [2.05, 4.69) is 21.6 Å². The molecule has 2 N–H and O–H groups in total. The Labute approximate surface area is 214 Å². The van der Waals surface area contributed by atoms with Crippen LogP contribution in [0.2, 0.25) is 0 Å². The van der Waals surface area contributed by atoms with Gasteiger partial charge in [0.1, 0.15) is 23.1 Å². The van der Waals surface area contributed by atoms with Gasteiger partial charge in [-0.15, -0.1) is 5.10 Å². The normalized spacial score (nSPS) is 11.0. The summed E-state index contributed by atoms with van der Waals surface area (Å²) in [4.78, 5) is 21.3. The lowest BCUT2D eigenvalue weighted by molar-refractivity contribution is 0.336. The van der Waals surface area contributed by atoms with Gasteiger partial charge in [0.15, 0.2) is 11.3 Å². The lowest BCUT2D eigenvalue weighted by atomic mass is 10.1. The zero-order valence-corrected chi connectivity index (χ0v) is 22.0. The number of hydrogen-bond donors (Lipinski definition) is 2. The van der Waals surface area contributed by atoms with Crippen LogP contribution in [0.25, 0.3) is 16.9 Å². The number of nitrogens with one attached hydrogen (secondary N) is 2. The number of methoxy groups -OCH3 is 1. The quantitative estimate of drug-likeness (QED) is 0.264. The highest BCUT2D eigenvalue weighted by molar-refractivity contribution is 8.00. The van der Waals surface area contributed by atoms with Crippen LogP contribution in [0.1, 0.15) is 38.7 Å². The molecular weight excluding hydrogens is 478 g/mol. The van der Waals surface area contributed by atoms with E-state index in [1.807, 2.05) is 57.2 Å². The van der Waals surface area contributed by atoms with Crippen molar-refractivity contribution in [2.45, 2.75) is 45.4 Å². The summed E-state index contributed by atoms with van der Waals surface area (Å²) < 4.78 is 22.1. The van der Waals surface area contributed by atoms with Crippen molar-refractivity contribution >= 4 is 23.2 Å². The Morgan fingerprint density at radius 1 is 1.06 bits per heavy atom. The van der Waals surface area contributed by atoms with Gasteiger partial charge in [0.25, 0.3) is 5.56 Å². The third-order valence-corrected chi connectivity index (χ3v) is 6.36. The second kappa shape index (κ2) is 11.4. The Morgan fingerprint density at radius 3 is 2.47 bits per heavy atom. The number of ether oxygens (including phenoxy) is 3. The van der Waals surface area contributed by atoms with Crippen molar-refractivity contribution in [2.75, 3.05) is 25.0 Å². The molecule has 190 valence electrons. The first-order valence-electron chi connectivity index (χ1n) is 12.0. The number of hydrogen-bond acceptors (Lipinski definition) is 8. The number of aromatic amines is 1.